The molecule has 3 aromatic heterocycles. The minimum Gasteiger partial charge on any atom is -0.372 e. The fourth-order valence-corrected chi connectivity index (χ4v) is 6.24. The summed E-state index contributed by atoms with van der Waals surface area (Å²) in [5.74, 6) is -0.302. The van der Waals surface area contributed by atoms with Gasteiger partial charge in [-0.1, -0.05) is 11.6 Å². The lowest BCUT2D eigenvalue weighted by atomic mass is 10.0. The summed E-state index contributed by atoms with van der Waals surface area (Å²) in [5.41, 5.74) is 1.61. The third-order valence-electron chi connectivity index (χ3n) is 8.21. The van der Waals surface area contributed by atoms with Crippen molar-refractivity contribution < 1.29 is 14.3 Å². The minimum absolute atomic E-state index is 0.0346. The van der Waals surface area contributed by atoms with Gasteiger partial charge in [0, 0.05) is 67.1 Å². The Balaban J connectivity index is 1.17. The predicted molar refractivity (Wildman–Crippen MR) is 157 cm³/mol. The number of aryl methyl sites for hydroxylation is 1. The van der Waals surface area contributed by atoms with Crippen molar-refractivity contribution in [3.63, 3.8) is 0 Å². The summed E-state index contributed by atoms with van der Waals surface area (Å²) in [4.78, 5) is 50.8. The third kappa shape index (κ3) is 5.37. The Kier molecular flexibility index (Phi) is 7.13. The van der Waals surface area contributed by atoms with Gasteiger partial charge in [-0.15, -0.1) is 0 Å². The van der Waals surface area contributed by atoms with Crippen LogP contribution in [0, 0.1) is 0 Å². The second-order valence-electron chi connectivity index (χ2n) is 11.6. The standard InChI is InChI=1S/C29H34ClN7O4/c1-29(2)17-36(15-25(38)35-8-5-19(6-9-35)37-11-10-34(3)28(37)40)24(16-41-29)27(39)33-22-13-18(30)12-21-20-4-7-31-14-23(20)32-26(21)22/h4,7,10-14,19,24,32H,5-6,8-9,15-17H2,1-3H3,(H,33,39)/t24-/m0/s1. The summed E-state index contributed by atoms with van der Waals surface area (Å²) in [6, 6.07) is 4.90. The average Bonchev–Trinajstić information content (AvgIpc) is 3.48. The molecule has 2 aliphatic rings. The molecule has 11 nitrogen and oxygen atoms in total. The van der Waals surface area contributed by atoms with Crippen LogP contribution >= 0.6 is 11.6 Å². The number of pyridine rings is 1. The number of nitrogens with one attached hydrogen (secondary N) is 2. The molecule has 216 valence electrons. The number of imidazole rings is 1. The lowest BCUT2D eigenvalue weighted by Gasteiger charge is -2.43. The first-order valence-electron chi connectivity index (χ1n) is 13.8. The largest absolute Gasteiger partial charge is 0.372 e. The molecule has 6 rings (SSSR count). The maximum Gasteiger partial charge on any atom is 0.328 e. The summed E-state index contributed by atoms with van der Waals surface area (Å²) >= 11 is 6.44. The van der Waals surface area contributed by atoms with E-state index < -0.39 is 11.6 Å². The molecular weight excluding hydrogens is 546 g/mol. The minimum atomic E-state index is -0.660. The number of ether oxygens (including phenoxy) is 1. The van der Waals surface area contributed by atoms with Gasteiger partial charge in [0.15, 0.2) is 0 Å². The molecule has 5 heterocycles. The van der Waals surface area contributed by atoms with Crippen LogP contribution in [0.4, 0.5) is 5.69 Å². The number of piperidine rings is 1. The number of rotatable bonds is 5. The van der Waals surface area contributed by atoms with Crippen molar-refractivity contribution in [2.24, 2.45) is 7.05 Å². The number of carbonyl (C=O) groups excluding carboxylic acids is 2. The van der Waals surface area contributed by atoms with E-state index in [4.69, 9.17) is 16.3 Å². The summed E-state index contributed by atoms with van der Waals surface area (Å²) in [6.45, 7) is 5.72. The number of aromatic nitrogens is 4. The Morgan fingerprint density at radius 2 is 1.98 bits per heavy atom. The monoisotopic (exact) mass is 579 g/mol. The zero-order valence-corrected chi connectivity index (χ0v) is 24.1. The summed E-state index contributed by atoms with van der Waals surface area (Å²) < 4.78 is 9.34. The van der Waals surface area contributed by atoms with E-state index in [9.17, 15) is 14.4 Å². The number of likely N-dealkylation sites (tertiary alicyclic amines) is 1. The first kappa shape index (κ1) is 27.5. The molecule has 1 aromatic carbocycles. The number of aromatic amines is 1. The quantitative estimate of drug-likeness (QED) is 0.375. The molecule has 0 radical (unpaired) electrons. The number of hydrogen-bond acceptors (Lipinski definition) is 6. The van der Waals surface area contributed by atoms with Crippen molar-refractivity contribution in [2.75, 3.05) is 38.1 Å². The summed E-state index contributed by atoms with van der Waals surface area (Å²) in [7, 11) is 1.74. The highest BCUT2D eigenvalue weighted by Crippen LogP contribution is 2.33. The molecule has 12 heteroatoms. The fourth-order valence-electron chi connectivity index (χ4n) is 6.02. The van der Waals surface area contributed by atoms with E-state index in [-0.39, 0.29) is 36.7 Å². The smallest absolute Gasteiger partial charge is 0.328 e. The van der Waals surface area contributed by atoms with Crippen LogP contribution in [0.2, 0.25) is 5.02 Å². The number of halogens is 1. The highest BCUT2D eigenvalue weighted by atomic mass is 35.5. The number of nitrogens with zero attached hydrogens (tertiary/aromatic N) is 5. The van der Waals surface area contributed by atoms with Gasteiger partial charge in [0.25, 0.3) is 0 Å². The van der Waals surface area contributed by atoms with Crippen molar-refractivity contribution in [2.45, 2.75) is 44.4 Å². The molecule has 0 spiro atoms. The molecule has 41 heavy (non-hydrogen) atoms. The Morgan fingerprint density at radius 3 is 2.71 bits per heavy atom. The Morgan fingerprint density at radius 1 is 1.20 bits per heavy atom. The van der Waals surface area contributed by atoms with Crippen LogP contribution in [0.5, 0.6) is 0 Å². The van der Waals surface area contributed by atoms with Crippen molar-refractivity contribution in [1.82, 2.24) is 28.9 Å². The van der Waals surface area contributed by atoms with E-state index in [0.29, 0.717) is 43.2 Å². The fraction of sp³-hybridized carbons (Fsp3) is 0.448. The predicted octanol–water partition coefficient (Wildman–Crippen LogP) is 3.15. The number of fused-ring (bicyclic) bond motifs is 3. The van der Waals surface area contributed by atoms with Gasteiger partial charge in [-0.05, 0) is 44.9 Å². The van der Waals surface area contributed by atoms with E-state index >= 15 is 0 Å². The van der Waals surface area contributed by atoms with Gasteiger partial charge >= 0.3 is 5.69 Å². The number of hydrogen-bond donors (Lipinski definition) is 2. The van der Waals surface area contributed by atoms with E-state index in [1.807, 2.05) is 42.0 Å². The number of anilines is 1. The Bertz CT molecular complexity index is 1680. The van der Waals surface area contributed by atoms with Crippen LogP contribution in [-0.2, 0) is 21.4 Å². The third-order valence-corrected chi connectivity index (χ3v) is 8.43. The van der Waals surface area contributed by atoms with Gasteiger partial charge in [0.05, 0.1) is 41.7 Å². The van der Waals surface area contributed by atoms with Gasteiger partial charge in [0.2, 0.25) is 11.8 Å². The van der Waals surface area contributed by atoms with Crippen molar-refractivity contribution in [1.29, 1.82) is 0 Å². The maximum absolute atomic E-state index is 13.7. The van der Waals surface area contributed by atoms with Crippen LogP contribution in [0.3, 0.4) is 0 Å². The van der Waals surface area contributed by atoms with Crippen molar-refractivity contribution in [3.8, 4) is 0 Å². The highest BCUT2D eigenvalue weighted by molar-refractivity contribution is 6.33. The second-order valence-corrected chi connectivity index (χ2v) is 12.1. The summed E-state index contributed by atoms with van der Waals surface area (Å²) in [5, 5.41) is 5.39. The van der Waals surface area contributed by atoms with E-state index in [0.717, 1.165) is 21.8 Å². The van der Waals surface area contributed by atoms with Gasteiger partial charge in [-0.3, -0.25) is 24.0 Å². The molecule has 0 unspecified atom stereocenters. The molecule has 4 aromatic rings. The first-order valence-corrected chi connectivity index (χ1v) is 14.2. The molecule has 0 aliphatic carbocycles. The lowest BCUT2D eigenvalue weighted by Crippen LogP contribution is -2.60. The first-order chi connectivity index (χ1) is 19.6. The molecule has 0 saturated carbocycles. The molecular formula is C29H34ClN7O4. The normalized spacial score (nSPS) is 20.1. The van der Waals surface area contributed by atoms with Crippen LogP contribution in [0.15, 0.2) is 47.8 Å². The number of morpholine rings is 1. The van der Waals surface area contributed by atoms with Crippen LogP contribution in [0.25, 0.3) is 21.8 Å². The van der Waals surface area contributed by atoms with Crippen LogP contribution in [-0.4, -0.2) is 85.1 Å². The second kappa shape index (κ2) is 10.6. The van der Waals surface area contributed by atoms with Gasteiger partial charge in [0.1, 0.15) is 6.04 Å². The Labute approximate surface area is 242 Å². The van der Waals surface area contributed by atoms with Gasteiger partial charge in [-0.25, -0.2) is 4.79 Å². The number of carbonyl (C=O) groups is 2. The molecule has 1 atom stereocenters. The number of benzene rings is 1. The van der Waals surface area contributed by atoms with Crippen molar-refractivity contribution in [3.05, 3.63) is 58.5 Å². The topological polar surface area (TPSA) is 117 Å². The van der Waals surface area contributed by atoms with Crippen LogP contribution < -0.4 is 11.0 Å². The van der Waals surface area contributed by atoms with Gasteiger partial charge < -0.3 is 24.5 Å². The molecule has 0 bridgehead atoms. The molecule has 2 aliphatic heterocycles. The summed E-state index contributed by atoms with van der Waals surface area (Å²) in [6.07, 6.45) is 8.44. The maximum atomic E-state index is 13.7. The number of amides is 2. The van der Waals surface area contributed by atoms with Crippen LogP contribution in [0.1, 0.15) is 32.7 Å². The average molecular weight is 580 g/mol. The Hall–Kier alpha value is -3.67. The lowest BCUT2D eigenvalue weighted by molar-refractivity contribution is -0.150. The SMILES string of the molecule is Cn1ccn(C2CCN(C(=O)CN3CC(C)(C)OC[C@H]3C(=O)Nc3cc(Cl)cc4c3[nH]c3cnccc34)CC2)c1=O. The molecule has 2 fully saturated rings. The van der Waals surface area contributed by atoms with E-state index in [1.54, 1.807) is 40.8 Å². The zero-order chi connectivity index (χ0) is 28.9. The molecule has 2 amide bonds. The van der Waals surface area contributed by atoms with Crippen molar-refractivity contribution >= 4 is 50.9 Å². The highest BCUT2D eigenvalue weighted by Gasteiger charge is 2.39. The molecule has 2 saturated heterocycles. The van der Waals surface area contributed by atoms with Gasteiger partial charge in [-0.2, -0.15) is 0 Å². The van der Waals surface area contributed by atoms with E-state index in [1.165, 1.54) is 0 Å². The number of H-pyrrole nitrogens is 1. The van der Waals surface area contributed by atoms with E-state index in [2.05, 4.69) is 15.3 Å². The molecule has 2 N–H and O–H groups in total. The zero-order valence-electron chi connectivity index (χ0n) is 23.4.